The molecule has 2 aromatic rings. The van der Waals surface area contributed by atoms with Crippen molar-refractivity contribution in [2.45, 2.75) is 32.5 Å². The van der Waals surface area contributed by atoms with Gasteiger partial charge < -0.3 is 15.8 Å². The van der Waals surface area contributed by atoms with Gasteiger partial charge in [0, 0.05) is 19.0 Å². The van der Waals surface area contributed by atoms with Crippen LogP contribution in [0.3, 0.4) is 0 Å². The second kappa shape index (κ2) is 8.20. The minimum Gasteiger partial charge on any atom is -0.489 e. The van der Waals surface area contributed by atoms with Gasteiger partial charge in [-0.1, -0.05) is 42.5 Å². The highest BCUT2D eigenvalue weighted by Crippen LogP contribution is 2.12. The van der Waals surface area contributed by atoms with Gasteiger partial charge in [0.15, 0.2) is 0 Å². The van der Waals surface area contributed by atoms with E-state index in [0.717, 1.165) is 16.9 Å². The van der Waals surface area contributed by atoms with Crippen molar-refractivity contribution in [3.63, 3.8) is 0 Å². The highest BCUT2D eigenvalue weighted by atomic mass is 16.5. The Labute approximate surface area is 131 Å². The molecule has 0 spiro atoms. The quantitative estimate of drug-likeness (QED) is 0.826. The fourth-order valence-electron chi connectivity index (χ4n) is 2.00. The molecule has 0 aliphatic heterocycles. The van der Waals surface area contributed by atoms with Crippen LogP contribution >= 0.6 is 0 Å². The minimum atomic E-state index is -0.113. The Morgan fingerprint density at radius 2 is 1.73 bits per heavy atom. The van der Waals surface area contributed by atoms with Crippen molar-refractivity contribution in [1.82, 2.24) is 5.32 Å². The largest absolute Gasteiger partial charge is 0.489 e. The van der Waals surface area contributed by atoms with Crippen LogP contribution in [0.4, 0.5) is 0 Å². The van der Waals surface area contributed by atoms with Gasteiger partial charge in [-0.15, -0.1) is 0 Å². The van der Waals surface area contributed by atoms with Crippen LogP contribution in [0.5, 0.6) is 5.75 Å². The Balaban J connectivity index is 1.79. The highest BCUT2D eigenvalue weighted by Gasteiger charge is 2.04. The third-order valence-electron chi connectivity index (χ3n) is 3.17. The van der Waals surface area contributed by atoms with Crippen molar-refractivity contribution < 1.29 is 9.53 Å². The third kappa shape index (κ3) is 5.58. The number of hydrogen-bond donors (Lipinski definition) is 2. The van der Waals surface area contributed by atoms with Crippen molar-refractivity contribution >= 4 is 5.91 Å². The molecule has 1 unspecified atom stereocenters. The van der Waals surface area contributed by atoms with Crippen LogP contribution in [0.15, 0.2) is 54.6 Å². The predicted octanol–water partition coefficient (Wildman–Crippen LogP) is 2.62. The van der Waals surface area contributed by atoms with Crippen molar-refractivity contribution in [3.8, 4) is 5.75 Å². The van der Waals surface area contributed by atoms with Crippen molar-refractivity contribution in [3.05, 3.63) is 65.7 Å². The van der Waals surface area contributed by atoms with Crippen LogP contribution in [0.1, 0.15) is 24.5 Å². The molecule has 4 heteroatoms. The molecule has 22 heavy (non-hydrogen) atoms. The molecular formula is C18H22N2O2. The van der Waals surface area contributed by atoms with E-state index in [0.29, 0.717) is 19.6 Å². The lowest BCUT2D eigenvalue weighted by Gasteiger charge is -2.09. The first kappa shape index (κ1) is 16.0. The molecule has 0 saturated heterocycles. The zero-order valence-electron chi connectivity index (χ0n) is 12.8. The normalized spacial score (nSPS) is 11.7. The van der Waals surface area contributed by atoms with Gasteiger partial charge in [0.05, 0.1) is 0 Å². The van der Waals surface area contributed by atoms with Gasteiger partial charge in [0.25, 0.3) is 0 Å². The molecule has 0 aliphatic carbocycles. The zero-order valence-corrected chi connectivity index (χ0v) is 12.8. The molecule has 0 bridgehead atoms. The molecule has 0 aliphatic rings. The second-order valence-corrected chi connectivity index (χ2v) is 5.38. The predicted molar refractivity (Wildman–Crippen MR) is 87.3 cm³/mol. The summed E-state index contributed by atoms with van der Waals surface area (Å²) >= 11 is 0. The molecule has 0 saturated carbocycles. The number of nitrogens with one attached hydrogen (secondary N) is 1. The summed E-state index contributed by atoms with van der Waals surface area (Å²) in [5.41, 5.74) is 7.74. The summed E-state index contributed by atoms with van der Waals surface area (Å²) in [4.78, 5) is 11.5. The van der Waals surface area contributed by atoms with E-state index in [1.165, 1.54) is 0 Å². The molecule has 116 valence electrons. The summed E-state index contributed by atoms with van der Waals surface area (Å²) in [6, 6.07) is 17.6. The van der Waals surface area contributed by atoms with E-state index in [-0.39, 0.29) is 11.9 Å². The van der Waals surface area contributed by atoms with Gasteiger partial charge in [0.2, 0.25) is 5.91 Å². The first-order valence-electron chi connectivity index (χ1n) is 7.41. The summed E-state index contributed by atoms with van der Waals surface area (Å²) in [7, 11) is 0. The van der Waals surface area contributed by atoms with Gasteiger partial charge >= 0.3 is 0 Å². The topological polar surface area (TPSA) is 64.4 Å². The van der Waals surface area contributed by atoms with E-state index in [1.807, 2.05) is 61.5 Å². The standard InChI is InChI=1S/C18H22N2O2/c1-14(19)11-18(21)20-12-15-7-9-16(10-8-15)13-22-17-5-3-2-4-6-17/h2-10,14H,11-13,19H2,1H3,(H,20,21). The molecule has 4 nitrogen and oxygen atoms in total. The van der Waals surface area contributed by atoms with Crippen LogP contribution < -0.4 is 15.8 Å². The Hall–Kier alpha value is -2.33. The average Bonchev–Trinajstić information content (AvgIpc) is 2.52. The first-order chi connectivity index (χ1) is 10.6. The Kier molecular flexibility index (Phi) is 5.98. The monoisotopic (exact) mass is 298 g/mol. The number of amides is 1. The molecule has 2 aromatic carbocycles. The molecule has 2 rings (SSSR count). The summed E-state index contributed by atoms with van der Waals surface area (Å²) in [5, 5.41) is 2.86. The molecule has 1 atom stereocenters. The van der Waals surface area contributed by atoms with Gasteiger partial charge in [-0.3, -0.25) is 4.79 Å². The summed E-state index contributed by atoms with van der Waals surface area (Å²) in [6.45, 7) is 2.87. The number of ether oxygens (including phenoxy) is 1. The molecular weight excluding hydrogens is 276 g/mol. The Bertz CT molecular complexity index is 580. The Morgan fingerprint density at radius 3 is 2.36 bits per heavy atom. The zero-order chi connectivity index (χ0) is 15.8. The summed E-state index contributed by atoms with van der Waals surface area (Å²) in [6.07, 6.45) is 0.350. The lowest BCUT2D eigenvalue weighted by molar-refractivity contribution is -0.121. The van der Waals surface area contributed by atoms with Crippen LogP contribution in [-0.4, -0.2) is 11.9 Å². The van der Waals surface area contributed by atoms with Gasteiger partial charge in [-0.2, -0.15) is 0 Å². The maximum Gasteiger partial charge on any atom is 0.221 e. The molecule has 0 fully saturated rings. The molecule has 3 N–H and O–H groups in total. The maximum absolute atomic E-state index is 11.5. The first-order valence-corrected chi connectivity index (χ1v) is 7.41. The lowest BCUT2D eigenvalue weighted by atomic mass is 10.1. The van der Waals surface area contributed by atoms with E-state index in [4.69, 9.17) is 10.5 Å². The van der Waals surface area contributed by atoms with Crippen molar-refractivity contribution in [2.75, 3.05) is 0 Å². The third-order valence-corrected chi connectivity index (χ3v) is 3.17. The van der Waals surface area contributed by atoms with E-state index in [9.17, 15) is 4.79 Å². The highest BCUT2D eigenvalue weighted by molar-refractivity contribution is 5.76. The fourth-order valence-corrected chi connectivity index (χ4v) is 2.00. The van der Waals surface area contributed by atoms with Gasteiger partial charge in [0.1, 0.15) is 12.4 Å². The van der Waals surface area contributed by atoms with Crippen LogP contribution in [0, 0.1) is 0 Å². The fraction of sp³-hybridized carbons (Fsp3) is 0.278. The van der Waals surface area contributed by atoms with Crippen LogP contribution in [0.25, 0.3) is 0 Å². The number of para-hydroxylation sites is 1. The number of nitrogens with two attached hydrogens (primary N) is 1. The van der Waals surface area contributed by atoms with Gasteiger partial charge in [-0.05, 0) is 30.2 Å². The number of rotatable bonds is 7. The van der Waals surface area contributed by atoms with E-state index in [1.54, 1.807) is 0 Å². The van der Waals surface area contributed by atoms with E-state index in [2.05, 4.69) is 5.32 Å². The van der Waals surface area contributed by atoms with Crippen LogP contribution in [-0.2, 0) is 17.9 Å². The van der Waals surface area contributed by atoms with Gasteiger partial charge in [-0.25, -0.2) is 0 Å². The lowest BCUT2D eigenvalue weighted by Crippen LogP contribution is -2.29. The number of benzene rings is 2. The van der Waals surface area contributed by atoms with E-state index < -0.39 is 0 Å². The average molecular weight is 298 g/mol. The minimum absolute atomic E-state index is 0.0218. The smallest absolute Gasteiger partial charge is 0.221 e. The van der Waals surface area contributed by atoms with Crippen molar-refractivity contribution in [1.29, 1.82) is 0 Å². The van der Waals surface area contributed by atoms with E-state index >= 15 is 0 Å². The second-order valence-electron chi connectivity index (χ2n) is 5.38. The summed E-state index contributed by atoms with van der Waals surface area (Å²) in [5.74, 6) is 0.834. The SMILES string of the molecule is CC(N)CC(=O)NCc1ccc(COc2ccccc2)cc1. The molecule has 0 aromatic heterocycles. The van der Waals surface area contributed by atoms with Crippen LogP contribution in [0.2, 0.25) is 0 Å². The maximum atomic E-state index is 11.5. The molecule has 1 amide bonds. The molecule has 0 heterocycles. The number of carbonyl (C=O) groups excluding carboxylic acids is 1. The van der Waals surface area contributed by atoms with Crippen molar-refractivity contribution in [2.24, 2.45) is 5.73 Å². The number of carbonyl (C=O) groups is 1. The molecule has 0 radical (unpaired) electrons. The summed E-state index contributed by atoms with van der Waals surface area (Å²) < 4.78 is 5.69. The Morgan fingerprint density at radius 1 is 1.09 bits per heavy atom. The number of hydrogen-bond acceptors (Lipinski definition) is 3.